The molecule has 0 radical (unpaired) electrons. The van der Waals surface area contributed by atoms with Gasteiger partial charge in [-0.05, 0) is 30.2 Å². The van der Waals surface area contributed by atoms with Gasteiger partial charge in [0, 0.05) is 18.5 Å². The Hall–Kier alpha value is -3.38. The van der Waals surface area contributed by atoms with E-state index in [4.69, 9.17) is 4.74 Å². The Bertz CT molecular complexity index is 979. The van der Waals surface area contributed by atoms with Gasteiger partial charge in [-0.2, -0.15) is 0 Å². The summed E-state index contributed by atoms with van der Waals surface area (Å²) in [5.41, 5.74) is 0.400. The van der Waals surface area contributed by atoms with E-state index in [-0.39, 0.29) is 12.4 Å². The number of aliphatic hydroxyl groups excluding tert-OH is 1. The molecule has 0 saturated carbocycles. The Morgan fingerprint density at radius 2 is 1.69 bits per heavy atom. The normalized spacial score (nSPS) is 10.5. The highest BCUT2D eigenvalue weighted by Gasteiger charge is 2.17. The molecule has 0 fully saturated rings. The van der Waals surface area contributed by atoms with Crippen molar-refractivity contribution in [2.24, 2.45) is 0 Å². The largest absolute Gasteiger partial charge is 0.477 e. The van der Waals surface area contributed by atoms with E-state index in [9.17, 15) is 19.8 Å². The zero-order valence-electron chi connectivity index (χ0n) is 13.8. The summed E-state index contributed by atoms with van der Waals surface area (Å²) in [5, 5.41) is 18.6. The van der Waals surface area contributed by atoms with Crippen LogP contribution in [0.15, 0.2) is 71.8 Å². The monoisotopic (exact) mass is 351 g/mol. The molecule has 0 saturated heterocycles. The van der Waals surface area contributed by atoms with Gasteiger partial charge in [-0.3, -0.25) is 4.79 Å². The van der Waals surface area contributed by atoms with Crippen LogP contribution in [0.4, 0.5) is 0 Å². The number of nitrogens with zero attached hydrogens (tertiary/aromatic N) is 1. The van der Waals surface area contributed by atoms with Crippen molar-refractivity contribution in [2.75, 3.05) is 6.61 Å². The van der Waals surface area contributed by atoms with Gasteiger partial charge < -0.3 is 19.5 Å². The fourth-order valence-electron chi connectivity index (χ4n) is 2.63. The van der Waals surface area contributed by atoms with Crippen LogP contribution < -0.4 is 10.2 Å². The van der Waals surface area contributed by atoms with Gasteiger partial charge in [-0.15, -0.1) is 0 Å². The first-order valence-electron chi connectivity index (χ1n) is 8.02. The maximum absolute atomic E-state index is 12.4. The Balaban J connectivity index is 2.15. The van der Waals surface area contributed by atoms with Crippen molar-refractivity contribution in [1.29, 1.82) is 0 Å². The van der Waals surface area contributed by atoms with E-state index in [0.717, 1.165) is 5.56 Å². The highest BCUT2D eigenvalue weighted by atomic mass is 16.5. The third-order valence-electron chi connectivity index (χ3n) is 3.85. The lowest BCUT2D eigenvalue weighted by Crippen LogP contribution is -2.19. The lowest BCUT2D eigenvalue weighted by Gasteiger charge is -2.14. The molecule has 1 aromatic heterocycles. The molecule has 3 rings (SSSR count). The molecule has 2 aromatic carbocycles. The molecular formula is C20H17NO5. The van der Waals surface area contributed by atoms with Crippen LogP contribution in [0.25, 0.3) is 5.69 Å². The topological polar surface area (TPSA) is 88.8 Å². The zero-order valence-corrected chi connectivity index (χ0v) is 13.8. The number of carboxylic acid groups (broad SMARTS) is 1. The number of carboxylic acids is 1. The molecule has 0 spiro atoms. The lowest BCUT2D eigenvalue weighted by molar-refractivity contribution is 0.0694. The van der Waals surface area contributed by atoms with Crippen LogP contribution in [0.3, 0.4) is 0 Å². The predicted molar refractivity (Wildman–Crippen MR) is 96.3 cm³/mol. The van der Waals surface area contributed by atoms with E-state index in [1.807, 2.05) is 18.2 Å². The van der Waals surface area contributed by atoms with Crippen molar-refractivity contribution >= 4 is 5.97 Å². The molecule has 0 aliphatic heterocycles. The number of ether oxygens (including phenoxy) is 1. The molecule has 0 aliphatic rings. The molecule has 6 nitrogen and oxygen atoms in total. The van der Waals surface area contributed by atoms with E-state index in [2.05, 4.69) is 0 Å². The number of benzene rings is 2. The highest BCUT2D eigenvalue weighted by molar-refractivity contribution is 5.87. The fourth-order valence-corrected chi connectivity index (χ4v) is 2.63. The van der Waals surface area contributed by atoms with Crippen molar-refractivity contribution in [3.63, 3.8) is 0 Å². The zero-order chi connectivity index (χ0) is 18.5. The van der Waals surface area contributed by atoms with E-state index in [1.165, 1.54) is 17.0 Å². The number of hydrogen-bond acceptors (Lipinski definition) is 4. The molecule has 0 unspecified atom stereocenters. The van der Waals surface area contributed by atoms with Gasteiger partial charge in [0.25, 0.3) is 0 Å². The Morgan fingerprint density at radius 3 is 2.38 bits per heavy atom. The van der Waals surface area contributed by atoms with Crippen LogP contribution in [0.1, 0.15) is 15.9 Å². The van der Waals surface area contributed by atoms with Crippen LogP contribution in [0.2, 0.25) is 0 Å². The molecule has 0 amide bonds. The van der Waals surface area contributed by atoms with E-state index in [0.29, 0.717) is 17.9 Å². The molecular weight excluding hydrogens is 334 g/mol. The molecule has 0 atom stereocenters. The number of aliphatic hydroxyl groups is 1. The maximum atomic E-state index is 12.4. The quantitative estimate of drug-likeness (QED) is 0.713. The van der Waals surface area contributed by atoms with E-state index >= 15 is 0 Å². The second kappa shape index (κ2) is 7.67. The predicted octanol–water partition coefficient (Wildman–Crippen LogP) is 2.86. The summed E-state index contributed by atoms with van der Waals surface area (Å²) in [7, 11) is 0. The number of rotatable bonds is 6. The summed E-state index contributed by atoms with van der Waals surface area (Å²) < 4.78 is 7.15. The maximum Gasteiger partial charge on any atom is 0.341 e. The summed E-state index contributed by atoms with van der Waals surface area (Å²) in [6, 6.07) is 15.9. The standard InChI is InChI=1S/C20H17NO5/c22-11-10-14-6-4-5-9-17(14)21-12-16(20(24)25)19(23)18(13-21)26-15-7-2-1-3-8-15/h1-9,12-13,22H,10-11H2,(H,24,25). The fraction of sp³-hybridized carbons (Fsp3) is 0.100. The minimum Gasteiger partial charge on any atom is -0.477 e. The summed E-state index contributed by atoms with van der Waals surface area (Å²) >= 11 is 0. The summed E-state index contributed by atoms with van der Waals surface area (Å²) in [5.74, 6) is -0.987. The van der Waals surface area contributed by atoms with E-state index in [1.54, 1.807) is 36.4 Å². The molecule has 3 aromatic rings. The number of hydrogen-bond donors (Lipinski definition) is 2. The highest BCUT2D eigenvalue weighted by Crippen LogP contribution is 2.21. The molecule has 26 heavy (non-hydrogen) atoms. The first-order valence-corrected chi connectivity index (χ1v) is 8.02. The average Bonchev–Trinajstić information content (AvgIpc) is 2.65. The molecule has 6 heteroatoms. The van der Waals surface area contributed by atoms with Crippen molar-refractivity contribution < 1.29 is 19.7 Å². The van der Waals surface area contributed by atoms with Crippen molar-refractivity contribution in [2.45, 2.75) is 6.42 Å². The number of carbonyl (C=O) groups is 1. The van der Waals surface area contributed by atoms with Gasteiger partial charge in [0.1, 0.15) is 11.3 Å². The second-order valence-electron chi connectivity index (χ2n) is 5.60. The average molecular weight is 351 g/mol. The van der Waals surface area contributed by atoms with E-state index < -0.39 is 17.0 Å². The summed E-state index contributed by atoms with van der Waals surface area (Å²) in [6.07, 6.45) is 3.12. The molecule has 1 heterocycles. The van der Waals surface area contributed by atoms with Crippen LogP contribution in [0, 0.1) is 0 Å². The number of aromatic carboxylic acids is 1. The van der Waals surface area contributed by atoms with Crippen molar-refractivity contribution in [3.05, 3.63) is 88.3 Å². The minimum atomic E-state index is -1.33. The smallest absolute Gasteiger partial charge is 0.341 e. The number of pyridine rings is 1. The molecule has 0 bridgehead atoms. The van der Waals surface area contributed by atoms with Gasteiger partial charge >= 0.3 is 5.97 Å². The summed E-state index contributed by atoms with van der Waals surface area (Å²) in [4.78, 5) is 24.0. The number of para-hydroxylation sites is 2. The van der Waals surface area contributed by atoms with Crippen LogP contribution in [0.5, 0.6) is 11.5 Å². The Labute approximate surface area is 149 Å². The second-order valence-corrected chi connectivity index (χ2v) is 5.60. The van der Waals surface area contributed by atoms with Gasteiger partial charge in [0.05, 0.1) is 6.20 Å². The number of aromatic nitrogens is 1. The molecule has 132 valence electrons. The van der Waals surface area contributed by atoms with Crippen LogP contribution in [-0.2, 0) is 6.42 Å². The van der Waals surface area contributed by atoms with Gasteiger partial charge in [-0.25, -0.2) is 4.79 Å². The Kier molecular flexibility index (Phi) is 5.15. The SMILES string of the molecule is O=C(O)c1cn(-c2ccccc2CCO)cc(Oc2ccccc2)c1=O. The van der Waals surface area contributed by atoms with Gasteiger partial charge in [-0.1, -0.05) is 36.4 Å². The molecule has 0 aliphatic carbocycles. The van der Waals surface area contributed by atoms with Gasteiger partial charge in [0.15, 0.2) is 5.75 Å². The third-order valence-corrected chi connectivity index (χ3v) is 3.85. The van der Waals surface area contributed by atoms with Crippen LogP contribution in [-0.4, -0.2) is 27.4 Å². The lowest BCUT2D eigenvalue weighted by atomic mass is 10.1. The van der Waals surface area contributed by atoms with Crippen molar-refractivity contribution in [3.8, 4) is 17.2 Å². The third kappa shape index (κ3) is 3.65. The first kappa shape index (κ1) is 17.4. The van der Waals surface area contributed by atoms with Crippen LogP contribution >= 0.6 is 0 Å². The Morgan fingerprint density at radius 1 is 1.00 bits per heavy atom. The summed E-state index contributed by atoms with van der Waals surface area (Å²) in [6.45, 7) is -0.0453. The first-order chi connectivity index (χ1) is 12.6. The minimum absolute atomic E-state index is 0.0453. The molecule has 2 N–H and O–H groups in total. The van der Waals surface area contributed by atoms with Crippen molar-refractivity contribution in [1.82, 2.24) is 4.57 Å². The van der Waals surface area contributed by atoms with Gasteiger partial charge in [0.2, 0.25) is 5.43 Å².